The van der Waals surface area contributed by atoms with Crippen LogP contribution in [0.4, 0.5) is 0 Å². The number of aromatic nitrogens is 4. The molecule has 0 aliphatic carbocycles. The second kappa shape index (κ2) is 4.86. The molecule has 0 saturated carbocycles. The average molecular weight is 246 g/mol. The maximum atomic E-state index is 9.76. The first-order valence-electron chi connectivity index (χ1n) is 5.98. The largest absolute Gasteiger partial charge is 0.390 e. The van der Waals surface area contributed by atoms with Crippen LogP contribution in [0.2, 0.25) is 0 Å². The summed E-state index contributed by atoms with van der Waals surface area (Å²) in [6.07, 6.45) is 7.86. The van der Waals surface area contributed by atoms with Gasteiger partial charge in [0.1, 0.15) is 11.6 Å². The summed E-state index contributed by atoms with van der Waals surface area (Å²) in [6, 6.07) is 0. The first-order valence-corrected chi connectivity index (χ1v) is 5.98. The van der Waals surface area contributed by atoms with Gasteiger partial charge in [0.05, 0.1) is 11.2 Å². The summed E-state index contributed by atoms with van der Waals surface area (Å²) in [5.74, 6) is 1.58. The normalized spacial score (nSPS) is 11.8. The van der Waals surface area contributed by atoms with Crippen LogP contribution >= 0.6 is 0 Å². The molecule has 96 valence electrons. The Bertz CT molecular complexity index is 511. The molecule has 2 aromatic rings. The Balaban J connectivity index is 2.20. The van der Waals surface area contributed by atoms with Crippen LogP contribution in [-0.2, 0) is 6.54 Å². The molecule has 0 aliphatic rings. The lowest BCUT2D eigenvalue weighted by Gasteiger charge is -2.17. The summed E-state index contributed by atoms with van der Waals surface area (Å²) >= 11 is 0. The van der Waals surface area contributed by atoms with Crippen molar-refractivity contribution in [2.45, 2.75) is 39.3 Å². The molecule has 0 unspecified atom stereocenters. The summed E-state index contributed by atoms with van der Waals surface area (Å²) in [7, 11) is 0. The van der Waals surface area contributed by atoms with E-state index in [9.17, 15) is 5.11 Å². The lowest BCUT2D eigenvalue weighted by Crippen LogP contribution is -2.21. The molecule has 0 bridgehead atoms. The van der Waals surface area contributed by atoms with Crippen molar-refractivity contribution in [1.29, 1.82) is 0 Å². The molecule has 0 saturated heterocycles. The predicted octanol–water partition coefficient (Wildman–Crippen LogP) is 1.81. The van der Waals surface area contributed by atoms with Crippen LogP contribution in [0.3, 0.4) is 0 Å². The topological polar surface area (TPSA) is 63.8 Å². The summed E-state index contributed by atoms with van der Waals surface area (Å²) in [4.78, 5) is 12.7. The van der Waals surface area contributed by atoms with Crippen LogP contribution in [0.25, 0.3) is 11.4 Å². The molecular weight excluding hydrogens is 228 g/mol. The van der Waals surface area contributed by atoms with Gasteiger partial charge in [-0.3, -0.25) is 0 Å². The smallest absolute Gasteiger partial charge is 0.143 e. The van der Waals surface area contributed by atoms with Crippen molar-refractivity contribution in [3.63, 3.8) is 0 Å². The van der Waals surface area contributed by atoms with Crippen LogP contribution in [-0.4, -0.2) is 30.2 Å². The average Bonchev–Trinajstić information content (AvgIpc) is 2.75. The Morgan fingerprint density at radius 2 is 1.89 bits per heavy atom. The molecular formula is C13H18N4O. The van der Waals surface area contributed by atoms with Gasteiger partial charge in [0.2, 0.25) is 0 Å². The fourth-order valence-corrected chi connectivity index (χ4v) is 1.65. The SMILES string of the molecule is Cc1ncc(-c2nccn2CCC(C)(C)O)cn1. The van der Waals surface area contributed by atoms with E-state index in [1.54, 1.807) is 32.4 Å². The van der Waals surface area contributed by atoms with Gasteiger partial charge in [-0.1, -0.05) is 0 Å². The van der Waals surface area contributed by atoms with Gasteiger partial charge in [-0.15, -0.1) is 0 Å². The zero-order chi connectivity index (χ0) is 13.2. The molecule has 1 N–H and O–H groups in total. The van der Waals surface area contributed by atoms with Crippen molar-refractivity contribution >= 4 is 0 Å². The van der Waals surface area contributed by atoms with E-state index in [0.29, 0.717) is 13.0 Å². The quantitative estimate of drug-likeness (QED) is 0.893. The lowest BCUT2D eigenvalue weighted by molar-refractivity contribution is 0.0663. The standard InChI is InChI=1S/C13H18N4O/c1-10-15-8-11(9-16-10)12-14-5-7-17(12)6-4-13(2,3)18/h5,7-9,18H,4,6H2,1-3H3. The molecule has 0 amide bonds. The van der Waals surface area contributed by atoms with Crippen LogP contribution in [0.1, 0.15) is 26.1 Å². The van der Waals surface area contributed by atoms with Gasteiger partial charge in [-0.05, 0) is 27.2 Å². The number of aryl methyl sites for hydroxylation is 2. The Hall–Kier alpha value is -1.75. The summed E-state index contributed by atoms with van der Waals surface area (Å²) < 4.78 is 2.01. The van der Waals surface area contributed by atoms with E-state index >= 15 is 0 Å². The van der Waals surface area contributed by atoms with Crippen LogP contribution in [0.15, 0.2) is 24.8 Å². The summed E-state index contributed by atoms with van der Waals surface area (Å²) in [5.41, 5.74) is 0.215. The van der Waals surface area contributed by atoms with Crippen molar-refractivity contribution < 1.29 is 5.11 Å². The zero-order valence-electron chi connectivity index (χ0n) is 11.0. The fraction of sp³-hybridized carbons (Fsp3) is 0.462. The van der Waals surface area contributed by atoms with Gasteiger partial charge >= 0.3 is 0 Å². The Kier molecular flexibility index (Phi) is 3.43. The first kappa shape index (κ1) is 12.7. The third-order valence-electron chi connectivity index (χ3n) is 2.72. The molecule has 2 rings (SSSR count). The van der Waals surface area contributed by atoms with Gasteiger partial charge in [0.15, 0.2) is 0 Å². The second-order valence-electron chi connectivity index (χ2n) is 5.03. The molecule has 0 radical (unpaired) electrons. The first-order chi connectivity index (χ1) is 8.46. The zero-order valence-corrected chi connectivity index (χ0v) is 11.0. The van der Waals surface area contributed by atoms with Crippen molar-refractivity contribution in [3.8, 4) is 11.4 Å². The molecule has 2 heterocycles. The number of aliphatic hydroxyl groups is 1. The van der Waals surface area contributed by atoms with E-state index in [1.807, 2.05) is 17.7 Å². The number of rotatable bonds is 4. The summed E-state index contributed by atoms with van der Waals surface area (Å²) in [6.45, 7) is 6.18. The van der Waals surface area contributed by atoms with Crippen LogP contribution < -0.4 is 0 Å². The minimum Gasteiger partial charge on any atom is -0.390 e. The van der Waals surface area contributed by atoms with Gasteiger partial charge in [0, 0.05) is 31.3 Å². The Labute approximate surface area is 107 Å². The highest BCUT2D eigenvalue weighted by Crippen LogP contribution is 2.17. The second-order valence-corrected chi connectivity index (χ2v) is 5.03. The van der Waals surface area contributed by atoms with Gasteiger partial charge in [0.25, 0.3) is 0 Å². The maximum Gasteiger partial charge on any atom is 0.143 e. The van der Waals surface area contributed by atoms with Crippen molar-refractivity contribution in [2.75, 3.05) is 0 Å². The molecule has 18 heavy (non-hydrogen) atoms. The Morgan fingerprint density at radius 1 is 1.22 bits per heavy atom. The maximum absolute atomic E-state index is 9.76. The highest BCUT2D eigenvalue weighted by molar-refractivity contribution is 5.52. The van der Waals surface area contributed by atoms with Gasteiger partial charge in [-0.25, -0.2) is 15.0 Å². The number of nitrogens with zero attached hydrogens (tertiary/aromatic N) is 4. The molecule has 0 atom stereocenters. The van der Waals surface area contributed by atoms with Gasteiger partial charge in [-0.2, -0.15) is 0 Å². The molecule has 0 spiro atoms. The summed E-state index contributed by atoms with van der Waals surface area (Å²) in [5, 5.41) is 9.76. The molecule has 2 aromatic heterocycles. The number of hydrogen-bond donors (Lipinski definition) is 1. The monoisotopic (exact) mass is 246 g/mol. The molecule has 5 heteroatoms. The number of hydrogen-bond acceptors (Lipinski definition) is 4. The third kappa shape index (κ3) is 3.13. The number of imidazole rings is 1. The molecule has 0 aromatic carbocycles. The predicted molar refractivity (Wildman–Crippen MR) is 68.9 cm³/mol. The van der Waals surface area contributed by atoms with Crippen molar-refractivity contribution in [1.82, 2.24) is 19.5 Å². The fourth-order valence-electron chi connectivity index (χ4n) is 1.65. The third-order valence-corrected chi connectivity index (χ3v) is 2.72. The molecule has 5 nitrogen and oxygen atoms in total. The van der Waals surface area contributed by atoms with E-state index < -0.39 is 5.60 Å². The van der Waals surface area contributed by atoms with Gasteiger partial charge < -0.3 is 9.67 Å². The highest BCUT2D eigenvalue weighted by atomic mass is 16.3. The van der Waals surface area contributed by atoms with Crippen LogP contribution in [0, 0.1) is 6.92 Å². The van der Waals surface area contributed by atoms with Crippen molar-refractivity contribution in [3.05, 3.63) is 30.6 Å². The van der Waals surface area contributed by atoms with Crippen LogP contribution in [0.5, 0.6) is 0 Å². The Morgan fingerprint density at radius 3 is 2.50 bits per heavy atom. The minimum atomic E-state index is -0.675. The van der Waals surface area contributed by atoms with E-state index in [0.717, 1.165) is 17.2 Å². The molecule has 0 aliphatic heterocycles. The van der Waals surface area contributed by atoms with E-state index in [1.165, 1.54) is 0 Å². The van der Waals surface area contributed by atoms with Crippen molar-refractivity contribution in [2.24, 2.45) is 0 Å². The van der Waals surface area contributed by atoms with E-state index in [-0.39, 0.29) is 0 Å². The van der Waals surface area contributed by atoms with E-state index in [2.05, 4.69) is 15.0 Å². The highest BCUT2D eigenvalue weighted by Gasteiger charge is 2.14. The lowest BCUT2D eigenvalue weighted by atomic mass is 10.1. The van der Waals surface area contributed by atoms with E-state index in [4.69, 9.17) is 0 Å². The molecule has 0 fully saturated rings. The minimum absolute atomic E-state index is 0.670.